The predicted octanol–water partition coefficient (Wildman–Crippen LogP) is 0.317. The Hall–Kier alpha value is -0.820. The lowest BCUT2D eigenvalue weighted by molar-refractivity contribution is -0.313. The summed E-state index contributed by atoms with van der Waals surface area (Å²) in [5.74, 6) is 0.404. The van der Waals surface area contributed by atoms with Gasteiger partial charge in [-0.15, -0.1) is 0 Å². The van der Waals surface area contributed by atoms with E-state index in [0.29, 0.717) is 37.0 Å². The van der Waals surface area contributed by atoms with Gasteiger partial charge in [0.1, 0.15) is 48.8 Å². The first-order chi connectivity index (χ1) is 25.1. The molecular weight excluding hydrogens is 692 g/mol. The summed E-state index contributed by atoms with van der Waals surface area (Å²) in [5.41, 5.74) is 1.45. The molecular formula is C39H64O14. The molecule has 0 radical (unpaired) electrons. The van der Waals surface area contributed by atoms with Gasteiger partial charge in [0.15, 0.2) is 18.4 Å². The van der Waals surface area contributed by atoms with E-state index in [2.05, 4.69) is 26.8 Å². The number of rotatable bonds is 10. The fraction of sp³-hybridized carbons (Fsp3) is 0.949. The fourth-order valence-corrected chi connectivity index (χ4v) is 12.1. The Morgan fingerprint density at radius 2 is 1.49 bits per heavy atom. The summed E-state index contributed by atoms with van der Waals surface area (Å²) in [4.78, 5) is 0. The molecule has 0 bridgehead atoms. The maximum absolute atomic E-state index is 12.0. The van der Waals surface area contributed by atoms with Gasteiger partial charge in [-0.3, -0.25) is 0 Å². The molecule has 3 heterocycles. The van der Waals surface area contributed by atoms with Crippen LogP contribution in [0.2, 0.25) is 0 Å². The number of hydrogen-bond acceptors (Lipinski definition) is 14. The topological polar surface area (TPSA) is 228 Å². The van der Waals surface area contributed by atoms with E-state index >= 15 is 0 Å². The standard InChI is InChI=1S/C39H64O14/c1-18(17-49-35-33(46)31(44)29(42)26(15-40)51-35)7-12-39(48)19(2)28-25(53-39)14-24-22-6-5-20-13-21(8-10-37(20,3)23(22)9-11-38(24,28)4)50-36-34(47)32(45)30(43)27(16-41)52-36/h5,18-19,21-36,40-48H,6-17H2,1-4H3/t18?,19-,21-,22+,23-,24-,25-,26+,27+,28-,29+,30+,31-,32-,33+,34+,35+,36+,37-,38-,39?/m0/s1. The van der Waals surface area contributed by atoms with Gasteiger partial charge < -0.3 is 69.6 Å². The molecule has 304 valence electrons. The number of aliphatic hydroxyl groups is 9. The Labute approximate surface area is 312 Å². The summed E-state index contributed by atoms with van der Waals surface area (Å²) in [6, 6.07) is 0. The average Bonchev–Trinajstić information content (AvgIpc) is 3.57. The monoisotopic (exact) mass is 756 g/mol. The highest BCUT2D eigenvalue weighted by Gasteiger charge is 2.68. The molecule has 3 aliphatic heterocycles. The van der Waals surface area contributed by atoms with E-state index in [9.17, 15) is 46.0 Å². The molecule has 7 rings (SSSR count). The first-order valence-corrected chi connectivity index (χ1v) is 20.0. The lowest BCUT2D eigenvalue weighted by atomic mass is 9.47. The van der Waals surface area contributed by atoms with E-state index in [-0.39, 0.29) is 47.4 Å². The smallest absolute Gasteiger partial charge is 0.186 e. The molecule has 7 aliphatic rings. The van der Waals surface area contributed by atoms with Crippen molar-refractivity contribution < 1.29 is 69.6 Å². The molecule has 0 spiro atoms. The molecule has 14 heteroatoms. The molecule has 2 unspecified atom stereocenters. The van der Waals surface area contributed by atoms with E-state index in [1.807, 2.05) is 6.92 Å². The normalized spacial score (nSPS) is 54.4. The van der Waals surface area contributed by atoms with Crippen molar-refractivity contribution in [3.05, 3.63) is 11.6 Å². The van der Waals surface area contributed by atoms with E-state index in [1.165, 1.54) is 5.57 Å². The Morgan fingerprint density at radius 1 is 0.849 bits per heavy atom. The van der Waals surface area contributed by atoms with Crippen LogP contribution in [0.4, 0.5) is 0 Å². The zero-order chi connectivity index (χ0) is 38.2. The minimum Gasteiger partial charge on any atom is -0.394 e. The summed E-state index contributed by atoms with van der Waals surface area (Å²) in [6.45, 7) is 8.13. The van der Waals surface area contributed by atoms with Gasteiger partial charge in [0, 0.05) is 12.3 Å². The van der Waals surface area contributed by atoms with Crippen molar-refractivity contribution in [2.75, 3.05) is 19.8 Å². The third-order valence-electron chi connectivity index (χ3n) is 15.3. The largest absolute Gasteiger partial charge is 0.394 e. The average molecular weight is 757 g/mol. The molecule has 3 saturated heterocycles. The molecule has 0 aromatic rings. The van der Waals surface area contributed by atoms with Crippen LogP contribution in [-0.2, 0) is 23.7 Å². The second-order valence-corrected chi connectivity index (χ2v) is 18.2. The van der Waals surface area contributed by atoms with E-state index in [4.69, 9.17) is 23.7 Å². The van der Waals surface area contributed by atoms with Crippen molar-refractivity contribution in [3.63, 3.8) is 0 Å². The molecule has 6 fully saturated rings. The Balaban J connectivity index is 0.948. The maximum atomic E-state index is 12.0. The second kappa shape index (κ2) is 15.2. The van der Waals surface area contributed by atoms with Crippen LogP contribution in [0.15, 0.2) is 11.6 Å². The highest BCUT2D eigenvalue weighted by atomic mass is 16.7. The number of allylic oxidation sites excluding steroid dienone is 1. The van der Waals surface area contributed by atoms with Crippen molar-refractivity contribution in [1.82, 2.24) is 0 Å². The van der Waals surface area contributed by atoms with Gasteiger partial charge in [-0.1, -0.05) is 39.3 Å². The molecule has 0 aromatic heterocycles. The van der Waals surface area contributed by atoms with Crippen molar-refractivity contribution in [1.29, 1.82) is 0 Å². The minimum atomic E-state index is -1.49. The third-order valence-corrected chi connectivity index (χ3v) is 15.3. The SMILES string of the molecule is CC(CCC1(O)O[C@H]2C[C@H]3[C@@H]4CC=C5C[C@@H](O[C@@H]6O[C@H](CO)[C@@H](O)[C@H](O)[C@H]6O)CC[C@]5(C)[C@H]4CC[C@]3(C)[C@H]2[C@@H]1C)CO[C@@H]1O[C@H](CO)[C@@H](O)[C@H](O)[C@H]1O. The van der Waals surface area contributed by atoms with Crippen molar-refractivity contribution in [3.8, 4) is 0 Å². The van der Waals surface area contributed by atoms with Crippen LogP contribution in [0, 0.1) is 46.3 Å². The van der Waals surface area contributed by atoms with Crippen LogP contribution in [-0.4, -0.2) is 145 Å². The highest BCUT2D eigenvalue weighted by Crippen LogP contribution is 2.70. The quantitative estimate of drug-likeness (QED) is 0.137. The number of fused-ring (bicyclic) bond motifs is 7. The molecule has 3 saturated carbocycles. The third kappa shape index (κ3) is 6.88. The predicted molar refractivity (Wildman–Crippen MR) is 186 cm³/mol. The Kier molecular flexibility index (Phi) is 11.6. The molecule has 14 nitrogen and oxygen atoms in total. The van der Waals surface area contributed by atoms with Gasteiger partial charge in [-0.2, -0.15) is 0 Å². The van der Waals surface area contributed by atoms with Crippen LogP contribution >= 0.6 is 0 Å². The van der Waals surface area contributed by atoms with Crippen molar-refractivity contribution in [2.45, 2.75) is 165 Å². The van der Waals surface area contributed by atoms with Gasteiger partial charge in [0.2, 0.25) is 0 Å². The number of ether oxygens (including phenoxy) is 5. The van der Waals surface area contributed by atoms with Crippen LogP contribution in [0.3, 0.4) is 0 Å². The second-order valence-electron chi connectivity index (χ2n) is 18.2. The van der Waals surface area contributed by atoms with E-state index in [1.54, 1.807) is 0 Å². The summed E-state index contributed by atoms with van der Waals surface area (Å²) >= 11 is 0. The van der Waals surface area contributed by atoms with Crippen LogP contribution in [0.1, 0.15) is 85.5 Å². The Morgan fingerprint density at radius 3 is 2.15 bits per heavy atom. The minimum absolute atomic E-state index is 0.0229. The molecule has 21 atom stereocenters. The summed E-state index contributed by atoms with van der Waals surface area (Å²) < 4.78 is 29.8. The maximum Gasteiger partial charge on any atom is 0.186 e. The van der Waals surface area contributed by atoms with Gasteiger partial charge in [0.25, 0.3) is 0 Å². The van der Waals surface area contributed by atoms with Crippen LogP contribution < -0.4 is 0 Å². The van der Waals surface area contributed by atoms with Crippen molar-refractivity contribution in [2.24, 2.45) is 46.3 Å². The summed E-state index contributed by atoms with van der Waals surface area (Å²) in [5, 5.41) is 92.5. The first kappa shape index (κ1) is 40.4. The zero-order valence-corrected chi connectivity index (χ0v) is 31.5. The van der Waals surface area contributed by atoms with Gasteiger partial charge >= 0.3 is 0 Å². The Bertz CT molecular complexity index is 1310. The molecule has 0 amide bonds. The number of aliphatic hydroxyl groups excluding tert-OH is 8. The fourth-order valence-electron chi connectivity index (χ4n) is 12.1. The lowest BCUT2D eigenvalue weighted by Gasteiger charge is -2.58. The van der Waals surface area contributed by atoms with Gasteiger partial charge in [-0.05, 0) is 91.8 Å². The lowest BCUT2D eigenvalue weighted by Crippen LogP contribution is -2.60. The number of hydrogen-bond donors (Lipinski definition) is 9. The van der Waals surface area contributed by atoms with E-state index < -0.39 is 80.4 Å². The summed E-state index contributed by atoms with van der Waals surface area (Å²) in [7, 11) is 0. The van der Waals surface area contributed by atoms with Crippen molar-refractivity contribution >= 4 is 0 Å². The molecule has 53 heavy (non-hydrogen) atoms. The van der Waals surface area contributed by atoms with Crippen LogP contribution in [0.5, 0.6) is 0 Å². The first-order valence-electron chi connectivity index (χ1n) is 20.0. The highest BCUT2D eigenvalue weighted by molar-refractivity contribution is 5.26. The van der Waals surface area contributed by atoms with Crippen LogP contribution in [0.25, 0.3) is 0 Å². The molecule has 9 N–H and O–H groups in total. The van der Waals surface area contributed by atoms with E-state index in [0.717, 1.165) is 38.5 Å². The zero-order valence-electron chi connectivity index (χ0n) is 31.5. The summed E-state index contributed by atoms with van der Waals surface area (Å²) in [6.07, 6.45) is -3.29. The van der Waals surface area contributed by atoms with Gasteiger partial charge in [-0.25, -0.2) is 0 Å². The molecule has 0 aromatic carbocycles. The van der Waals surface area contributed by atoms with Gasteiger partial charge in [0.05, 0.1) is 32.0 Å². The molecule has 4 aliphatic carbocycles.